The molecule has 0 saturated heterocycles. The number of halogens is 2. The highest BCUT2D eigenvalue weighted by Gasteiger charge is 2.09. The maximum Gasteiger partial charge on any atom is 0.123 e. The molecule has 0 spiro atoms. The van der Waals surface area contributed by atoms with Crippen molar-refractivity contribution in [2.24, 2.45) is 0 Å². The van der Waals surface area contributed by atoms with E-state index in [9.17, 15) is 4.39 Å². The van der Waals surface area contributed by atoms with Gasteiger partial charge >= 0.3 is 0 Å². The molecule has 0 saturated carbocycles. The minimum atomic E-state index is -0.237. The highest BCUT2D eigenvalue weighted by atomic mass is 35.5. The van der Waals surface area contributed by atoms with Gasteiger partial charge < -0.3 is 5.32 Å². The molecule has 0 radical (unpaired) electrons. The van der Waals surface area contributed by atoms with E-state index in [0.717, 1.165) is 23.2 Å². The van der Waals surface area contributed by atoms with Crippen LogP contribution >= 0.6 is 11.6 Å². The van der Waals surface area contributed by atoms with E-state index in [1.54, 1.807) is 6.07 Å². The zero-order chi connectivity index (χ0) is 13.8. The fraction of sp³-hybridized carbons (Fsp3) is 0.250. The van der Waals surface area contributed by atoms with E-state index in [2.05, 4.69) is 19.2 Å². The van der Waals surface area contributed by atoms with Gasteiger partial charge in [-0.25, -0.2) is 4.39 Å². The van der Waals surface area contributed by atoms with E-state index in [-0.39, 0.29) is 11.9 Å². The monoisotopic (exact) mass is 277 g/mol. The average Bonchev–Trinajstić information content (AvgIpc) is 2.38. The molecule has 0 aliphatic carbocycles. The molecule has 0 aliphatic rings. The topological polar surface area (TPSA) is 12.0 Å². The van der Waals surface area contributed by atoms with Crippen molar-refractivity contribution in [3.05, 3.63) is 58.9 Å². The number of hydrogen-bond donors (Lipinski definition) is 1. The van der Waals surface area contributed by atoms with Crippen molar-refractivity contribution in [1.29, 1.82) is 0 Å². The molecule has 0 fully saturated rings. The molecule has 0 aliphatic heterocycles. The van der Waals surface area contributed by atoms with Crippen molar-refractivity contribution >= 4 is 11.6 Å². The molecule has 1 unspecified atom stereocenters. The zero-order valence-corrected chi connectivity index (χ0v) is 11.8. The van der Waals surface area contributed by atoms with Crippen molar-refractivity contribution in [3.8, 4) is 11.1 Å². The first-order valence-electron chi connectivity index (χ1n) is 6.40. The summed E-state index contributed by atoms with van der Waals surface area (Å²) in [6, 6.07) is 12.6. The minimum absolute atomic E-state index is 0.207. The Balaban J connectivity index is 2.33. The van der Waals surface area contributed by atoms with Gasteiger partial charge in [0, 0.05) is 11.1 Å². The lowest BCUT2D eigenvalue weighted by molar-refractivity contribution is 0.598. The molecular weight excluding hydrogens is 261 g/mol. The number of benzene rings is 2. The standard InChI is InChI=1S/C16H17ClFN/c1-3-19-11(2)15-8-7-13(10-16(15)17)12-5-4-6-14(18)9-12/h4-11,19H,3H2,1-2H3. The van der Waals surface area contributed by atoms with Crippen LogP contribution in [-0.2, 0) is 0 Å². The van der Waals surface area contributed by atoms with Crippen LogP contribution in [0.25, 0.3) is 11.1 Å². The van der Waals surface area contributed by atoms with Crippen molar-refractivity contribution in [2.45, 2.75) is 19.9 Å². The number of rotatable bonds is 4. The Morgan fingerprint density at radius 2 is 1.89 bits per heavy atom. The lowest BCUT2D eigenvalue weighted by Gasteiger charge is -2.15. The van der Waals surface area contributed by atoms with E-state index in [4.69, 9.17) is 11.6 Å². The van der Waals surface area contributed by atoms with E-state index in [1.807, 2.05) is 24.3 Å². The van der Waals surface area contributed by atoms with Gasteiger partial charge in [-0.2, -0.15) is 0 Å². The molecule has 0 amide bonds. The van der Waals surface area contributed by atoms with E-state index >= 15 is 0 Å². The second kappa shape index (κ2) is 6.18. The summed E-state index contributed by atoms with van der Waals surface area (Å²) in [5.41, 5.74) is 2.82. The van der Waals surface area contributed by atoms with Gasteiger partial charge in [0.05, 0.1) is 0 Å². The van der Waals surface area contributed by atoms with Crippen molar-refractivity contribution in [2.75, 3.05) is 6.54 Å². The summed E-state index contributed by atoms with van der Waals surface area (Å²) < 4.78 is 13.2. The van der Waals surface area contributed by atoms with Crippen LogP contribution < -0.4 is 5.32 Å². The van der Waals surface area contributed by atoms with Crippen LogP contribution in [0, 0.1) is 5.82 Å². The summed E-state index contributed by atoms with van der Waals surface area (Å²) >= 11 is 6.32. The molecule has 0 bridgehead atoms. The molecule has 2 aromatic rings. The predicted octanol–water partition coefficient (Wildman–Crippen LogP) is 4.82. The SMILES string of the molecule is CCNC(C)c1ccc(-c2cccc(F)c2)cc1Cl. The lowest BCUT2D eigenvalue weighted by atomic mass is 10.0. The maximum absolute atomic E-state index is 13.2. The second-order valence-electron chi connectivity index (χ2n) is 4.53. The molecule has 2 rings (SSSR count). The van der Waals surface area contributed by atoms with Crippen LogP contribution in [0.5, 0.6) is 0 Å². The minimum Gasteiger partial charge on any atom is -0.310 e. The van der Waals surface area contributed by atoms with Gasteiger partial charge in [0.1, 0.15) is 5.82 Å². The smallest absolute Gasteiger partial charge is 0.123 e. The molecule has 100 valence electrons. The third-order valence-electron chi connectivity index (χ3n) is 3.14. The van der Waals surface area contributed by atoms with Crippen LogP contribution in [0.2, 0.25) is 5.02 Å². The molecule has 2 aromatic carbocycles. The van der Waals surface area contributed by atoms with Crippen molar-refractivity contribution < 1.29 is 4.39 Å². The predicted molar refractivity (Wildman–Crippen MR) is 78.9 cm³/mol. The van der Waals surface area contributed by atoms with Gasteiger partial charge in [0.2, 0.25) is 0 Å². The summed E-state index contributed by atoms with van der Waals surface area (Å²) in [6.07, 6.45) is 0. The average molecular weight is 278 g/mol. The Morgan fingerprint density at radius 3 is 2.53 bits per heavy atom. The Hall–Kier alpha value is -1.38. The number of nitrogens with one attached hydrogen (secondary N) is 1. The van der Waals surface area contributed by atoms with Crippen LogP contribution in [0.4, 0.5) is 4.39 Å². The molecule has 1 atom stereocenters. The third kappa shape index (κ3) is 3.34. The quantitative estimate of drug-likeness (QED) is 0.845. The maximum atomic E-state index is 13.2. The Morgan fingerprint density at radius 1 is 1.16 bits per heavy atom. The van der Waals surface area contributed by atoms with Crippen LogP contribution in [0.15, 0.2) is 42.5 Å². The first-order valence-corrected chi connectivity index (χ1v) is 6.78. The highest BCUT2D eigenvalue weighted by molar-refractivity contribution is 6.31. The van der Waals surface area contributed by atoms with Gasteiger partial charge in [0.25, 0.3) is 0 Å². The lowest BCUT2D eigenvalue weighted by Crippen LogP contribution is -2.17. The van der Waals surface area contributed by atoms with Crippen molar-refractivity contribution in [1.82, 2.24) is 5.32 Å². The fourth-order valence-electron chi connectivity index (χ4n) is 2.14. The fourth-order valence-corrected chi connectivity index (χ4v) is 2.49. The molecule has 0 heterocycles. The largest absolute Gasteiger partial charge is 0.310 e. The molecule has 3 heteroatoms. The van der Waals surface area contributed by atoms with Crippen LogP contribution in [0.3, 0.4) is 0 Å². The molecule has 1 nitrogen and oxygen atoms in total. The summed E-state index contributed by atoms with van der Waals surface area (Å²) in [7, 11) is 0. The first kappa shape index (κ1) is 14.0. The van der Waals surface area contributed by atoms with E-state index in [0.29, 0.717) is 5.02 Å². The van der Waals surface area contributed by atoms with Crippen LogP contribution in [0.1, 0.15) is 25.5 Å². The van der Waals surface area contributed by atoms with Gasteiger partial charge in [-0.3, -0.25) is 0 Å². The van der Waals surface area contributed by atoms with Gasteiger partial charge in [-0.05, 0) is 48.4 Å². The second-order valence-corrected chi connectivity index (χ2v) is 4.93. The molecule has 0 aromatic heterocycles. The molecule has 1 N–H and O–H groups in total. The first-order chi connectivity index (χ1) is 9.11. The normalized spacial score (nSPS) is 12.4. The summed E-state index contributed by atoms with van der Waals surface area (Å²) in [4.78, 5) is 0. The Bertz CT molecular complexity index is 568. The highest BCUT2D eigenvalue weighted by Crippen LogP contribution is 2.29. The third-order valence-corrected chi connectivity index (χ3v) is 3.46. The number of hydrogen-bond acceptors (Lipinski definition) is 1. The van der Waals surface area contributed by atoms with Gasteiger partial charge in [-0.1, -0.05) is 42.8 Å². The van der Waals surface area contributed by atoms with Crippen molar-refractivity contribution in [3.63, 3.8) is 0 Å². The summed E-state index contributed by atoms with van der Waals surface area (Å²) in [6.45, 7) is 5.03. The van der Waals surface area contributed by atoms with E-state index < -0.39 is 0 Å². The van der Waals surface area contributed by atoms with E-state index in [1.165, 1.54) is 12.1 Å². The van der Waals surface area contributed by atoms with Crippen LogP contribution in [-0.4, -0.2) is 6.54 Å². The zero-order valence-electron chi connectivity index (χ0n) is 11.1. The van der Waals surface area contributed by atoms with Gasteiger partial charge in [0.15, 0.2) is 0 Å². The Labute approximate surface area is 118 Å². The Kier molecular flexibility index (Phi) is 4.56. The molecule has 19 heavy (non-hydrogen) atoms. The molecular formula is C16H17ClFN. The summed E-state index contributed by atoms with van der Waals surface area (Å²) in [5.74, 6) is -0.237. The van der Waals surface area contributed by atoms with Gasteiger partial charge in [-0.15, -0.1) is 0 Å². The summed E-state index contributed by atoms with van der Waals surface area (Å²) in [5, 5.41) is 4.03.